The zero-order chi connectivity index (χ0) is 10.7. The minimum atomic E-state index is -0.0580. The van der Waals surface area contributed by atoms with E-state index in [0.29, 0.717) is 11.5 Å². The van der Waals surface area contributed by atoms with E-state index in [1.54, 1.807) is 13.1 Å². The first kappa shape index (κ1) is 10.7. The normalized spacial score (nSPS) is 10.4. The molecule has 0 spiro atoms. The summed E-state index contributed by atoms with van der Waals surface area (Å²) in [7, 11) is 1.63. The van der Waals surface area contributed by atoms with Crippen LogP contribution in [0, 0.1) is 6.92 Å². The molecule has 0 aliphatic rings. The smallest absolute Gasteiger partial charge is 0.251 e. The fourth-order valence-corrected chi connectivity index (χ4v) is 1.27. The van der Waals surface area contributed by atoms with Gasteiger partial charge < -0.3 is 5.32 Å². The summed E-state index contributed by atoms with van der Waals surface area (Å²) in [4.78, 5) is 15.8. The molecule has 1 aromatic heterocycles. The van der Waals surface area contributed by atoms with Gasteiger partial charge in [-0.2, -0.15) is 0 Å². The first-order valence-corrected chi connectivity index (χ1v) is 4.75. The average Bonchev–Trinajstić information content (AvgIpc) is 2.15. The molecule has 0 aromatic carbocycles. The Labute approximate surface area is 86.0 Å². The Morgan fingerprint density at radius 3 is 2.64 bits per heavy atom. The van der Waals surface area contributed by atoms with E-state index in [9.17, 15) is 4.79 Å². The van der Waals surface area contributed by atoms with Crippen molar-refractivity contribution in [1.29, 1.82) is 0 Å². The summed E-state index contributed by atoms with van der Waals surface area (Å²) in [5.74, 6) is 0.288. The molecule has 1 amide bonds. The van der Waals surface area contributed by atoms with Crippen LogP contribution < -0.4 is 5.32 Å². The second-order valence-electron chi connectivity index (χ2n) is 3.66. The number of aryl methyl sites for hydroxylation is 1. The van der Waals surface area contributed by atoms with E-state index < -0.39 is 0 Å². The molecule has 0 fully saturated rings. The maximum atomic E-state index is 11.4. The number of hydrogen-bond acceptors (Lipinski definition) is 2. The molecule has 0 unspecified atom stereocenters. The van der Waals surface area contributed by atoms with E-state index in [1.807, 2.05) is 13.0 Å². The summed E-state index contributed by atoms with van der Waals surface area (Å²) >= 11 is 0. The second-order valence-corrected chi connectivity index (χ2v) is 3.66. The van der Waals surface area contributed by atoms with Crippen LogP contribution in [0.5, 0.6) is 0 Å². The molecule has 1 rings (SSSR count). The zero-order valence-corrected chi connectivity index (χ0v) is 9.09. The Balaban J connectivity index is 0.00000196. The van der Waals surface area contributed by atoms with Gasteiger partial charge in [0.05, 0.1) is 0 Å². The molecule has 1 N–H and O–H groups in total. The quantitative estimate of drug-likeness (QED) is 0.783. The lowest BCUT2D eigenvalue weighted by molar-refractivity contribution is 0.0962. The molecule has 78 valence electrons. The van der Waals surface area contributed by atoms with Crippen molar-refractivity contribution >= 4 is 5.91 Å². The zero-order valence-electron chi connectivity index (χ0n) is 9.09. The fourth-order valence-electron chi connectivity index (χ4n) is 1.27. The summed E-state index contributed by atoms with van der Waals surface area (Å²) < 4.78 is 0. The topological polar surface area (TPSA) is 42.0 Å². The van der Waals surface area contributed by atoms with Crippen LogP contribution in [0.15, 0.2) is 12.1 Å². The number of nitrogens with zero attached hydrogens (tertiary/aromatic N) is 1. The molecule has 0 saturated carbocycles. The van der Waals surface area contributed by atoms with Gasteiger partial charge in [-0.3, -0.25) is 9.78 Å². The van der Waals surface area contributed by atoms with Gasteiger partial charge in [-0.25, -0.2) is 0 Å². The average molecular weight is 194 g/mol. The van der Waals surface area contributed by atoms with Crippen molar-refractivity contribution in [3.8, 4) is 0 Å². The Morgan fingerprint density at radius 2 is 2.14 bits per heavy atom. The lowest BCUT2D eigenvalue weighted by Gasteiger charge is -2.08. The summed E-state index contributed by atoms with van der Waals surface area (Å²) in [6.07, 6.45) is 0. The molecule has 0 saturated heterocycles. The van der Waals surface area contributed by atoms with Crippen LogP contribution in [0.2, 0.25) is 0 Å². The third-order valence-corrected chi connectivity index (χ3v) is 2.05. The number of aromatic nitrogens is 1. The molecule has 1 aromatic rings. The summed E-state index contributed by atoms with van der Waals surface area (Å²) in [5, 5.41) is 2.61. The summed E-state index contributed by atoms with van der Waals surface area (Å²) in [6.45, 7) is 6.03. The molecule has 0 aliphatic heterocycles. The van der Waals surface area contributed by atoms with Crippen molar-refractivity contribution in [2.75, 3.05) is 7.05 Å². The van der Waals surface area contributed by atoms with Crippen LogP contribution in [0.25, 0.3) is 0 Å². The minimum Gasteiger partial charge on any atom is -0.355 e. The predicted molar refractivity (Wildman–Crippen MR) is 58.6 cm³/mol. The lowest BCUT2D eigenvalue weighted by Crippen LogP contribution is -2.18. The number of amides is 1. The fraction of sp³-hybridized carbons (Fsp3) is 0.455. The van der Waals surface area contributed by atoms with Gasteiger partial charge in [-0.05, 0) is 25.0 Å². The molecule has 3 nitrogen and oxygen atoms in total. The molecule has 0 atom stereocenters. The maximum absolute atomic E-state index is 11.4. The Kier molecular flexibility index (Phi) is 3.23. The van der Waals surface area contributed by atoms with Crippen LogP contribution in [0.4, 0.5) is 0 Å². The van der Waals surface area contributed by atoms with Crippen molar-refractivity contribution in [1.82, 2.24) is 10.3 Å². The first-order valence-electron chi connectivity index (χ1n) is 4.75. The van der Waals surface area contributed by atoms with E-state index in [-0.39, 0.29) is 7.33 Å². The number of rotatable bonds is 2. The largest absolute Gasteiger partial charge is 0.355 e. The predicted octanol–water partition coefficient (Wildman–Crippen LogP) is 2.12. The van der Waals surface area contributed by atoms with Crippen molar-refractivity contribution in [3.05, 3.63) is 29.1 Å². The second kappa shape index (κ2) is 4.22. The van der Waals surface area contributed by atoms with E-state index in [2.05, 4.69) is 24.1 Å². The van der Waals surface area contributed by atoms with Gasteiger partial charge in [0.1, 0.15) is 0 Å². The van der Waals surface area contributed by atoms with Gasteiger partial charge in [-0.15, -0.1) is 0 Å². The van der Waals surface area contributed by atoms with E-state index in [4.69, 9.17) is 0 Å². The van der Waals surface area contributed by atoms with Gasteiger partial charge in [0.25, 0.3) is 5.91 Å². The van der Waals surface area contributed by atoms with Crippen molar-refractivity contribution in [3.63, 3.8) is 0 Å². The number of pyridine rings is 1. The molecule has 14 heavy (non-hydrogen) atoms. The highest BCUT2D eigenvalue weighted by Crippen LogP contribution is 2.14. The Morgan fingerprint density at radius 1 is 1.50 bits per heavy atom. The molecule has 0 radical (unpaired) electrons. The summed E-state index contributed by atoms with van der Waals surface area (Å²) in [6, 6.07) is 3.64. The van der Waals surface area contributed by atoms with Gasteiger partial charge in [0, 0.05) is 25.4 Å². The van der Waals surface area contributed by atoms with Crippen molar-refractivity contribution in [2.45, 2.75) is 26.7 Å². The van der Waals surface area contributed by atoms with Crippen LogP contribution in [0.3, 0.4) is 0 Å². The van der Waals surface area contributed by atoms with E-state index in [1.165, 1.54) is 0 Å². The van der Waals surface area contributed by atoms with Crippen LogP contribution >= 0.6 is 0 Å². The van der Waals surface area contributed by atoms with Gasteiger partial charge in [0.2, 0.25) is 0 Å². The standard InChI is InChI=1S/C11H16N2O.H2/c1-7(2)10-6-9(11(14)12-4)5-8(3)13-10;/h5-7H,1-4H3,(H,12,14);1H. The molecule has 1 heterocycles. The van der Waals surface area contributed by atoms with Gasteiger partial charge >= 0.3 is 0 Å². The number of carbonyl (C=O) groups excluding carboxylic acids is 1. The van der Waals surface area contributed by atoms with Crippen molar-refractivity contribution < 1.29 is 6.22 Å². The van der Waals surface area contributed by atoms with Crippen LogP contribution in [0.1, 0.15) is 42.9 Å². The van der Waals surface area contributed by atoms with E-state index >= 15 is 0 Å². The Hall–Kier alpha value is -1.38. The highest BCUT2D eigenvalue weighted by Gasteiger charge is 2.08. The SMILES string of the molecule is CNC(=O)c1cc(C)nc(C(C)C)c1.[HH]. The Bertz CT molecular complexity index is 350. The highest BCUT2D eigenvalue weighted by molar-refractivity contribution is 5.94. The number of hydrogen-bond donors (Lipinski definition) is 1. The van der Waals surface area contributed by atoms with E-state index in [0.717, 1.165) is 11.4 Å². The van der Waals surface area contributed by atoms with Gasteiger partial charge in [0.15, 0.2) is 0 Å². The number of carbonyl (C=O) groups is 1. The lowest BCUT2D eigenvalue weighted by atomic mass is 10.1. The molecule has 3 heteroatoms. The van der Waals surface area contributed by atoms with Gasteiger partial charge in [-0.1, -0.05) is 13.8 Å². The van der Waals surface area contributed by atoms with Crippen LogP contribution in [-0.4, -0.2) is 17.9 Å². The molecule has 0 bridgehead atoms. The maximum Gasteiger partial charge on any atom is 0.251 e. The highest BCUT2D eigenvalue weighted by atomic mass is 16.1. The summed E-state index contributed by atoms with van der Waals surface area (Å²) in [5.41, 5.74) is 2.53. The van der Waals surface area contributed by atoms with Crippen molar-refractivity contribution in [2.24, 2.45) is 0 Å². The molecule has 0 aliphatic carbocycles. The third kappa shape index (κ3) is 2.31. The van der Waals surface area contributed by atoms with Crippen LogP contribution in [-0.2, 0) is 0 Å². The molecular weight excluding hydrogens is 176 g/mol. The third-order valence-electron chi connectivity index (χ3n) is 2.05. The minimum absolute atomic E-state index is 0. The number of nitrogens with one attached hydrogen (secondary N) is 1. The monoisotopic (exact) mass is 194 g/mol. The molecular formula is C11H18N2O. The first-order chi connectivity index (χ1) is 6.54.